The van der Waals surface area contributed by atoms with E-state index in [0.717, 1.165) is 11.8 Å². The molecule has 5 heteroatoms. The molecule has 0 bridgehead atoms. The quantitative estimate of drug-likeness (QED) is 0.838. The highest BCUT2D eigenvalue weighted by Gasteiger charge is 2.19. The van der Waals surface area contributed by atoms with Gasteiger partial charge in [-0.15, -0.1) is 0 Å². The van der Waals surface area contributed by atoms with Crippen molar-refractivity contribution in [3.63, 3.8) is 0 Å². The Labute approximate surface area is 96.4 Å². The molecule has 1 rings (SSSR count). The molecule has 0 fully saturated rings. The molecule has 90 valence electrons. The van der Waals surface area contributed by atoms with Crippen molar-refractivity contribution in [2.24, 2.45) is 0 Å². The van der Waals surface area contributed by atoms with Crippen LogP contribution in [0.4, 0.5) is 5.69 Å². The zero-order chi connectivity index (χ0) is 12.4. The lowest BCUT2D eigenvalue weighted by molar-refractivity contribution is 0.218. The Kier molecular flexibility index (Phi) is 3.60. The molecule has 0 radical (unpaired) electrons. The number of hydrogen-bond acceptors (Lipinski definition) is 3. The van der Waals surface area contributed by atoms with E-state index in [4.69, 9.17) is 0 Å². The van der Waals surface area contributed by atoms with Crippen LogP contribution in [0.5, 0.6) is 0 Å². The van der Waals surface area contributed by atoms with E-state index in [1.54, 1.807) is 18.2 Å². The van der Waals surface area contributed by atoms with Gasteiger partial charge < -0.3 is 5.11 Å². The standard InChI is InChI=1S/C11H17NO3S/c1-11(2,8-13)9-5-4-6-10(7-9)12-16(3,14)15/h4-7,12-13H,8H2,1-3H3. The lowest BCUT2D eigenvalue weighted by atomic mass is 9.85. The molecule has 1 aromatic carbocycles. The monoisotopic (exact) mass is 243 g/mol. The summed E-state index contributed by atoms with van der Waals surface area (Å²) >= 11 is 0. The molecule has 2 N–H and O–H groups in total. The van der Waals surface area contributed by atoms with Gasteiger partial charge in [0, 0.05) is 11.1 Å². The first kappa shape index (κ1) is 13.0. The van der Waals surface area contributed by atoms with Gasteiger partial charge in [0.2, 0.25) is 10.0 Å². The molecule has 0 amide bonds. The van der Waals surface area contributed by atoms with Crippen LogP contribution in [0.25, 0.3) is 0 Å². The van der Waals surface area contributed by atoms with Crippen LogP contribution in [-0.4, -0.2) is 26.4 Å². The van der Waals surface area contributed by atoms with Crippen LogP contribution in [-0.2, 0) is 15.4 Å². The van der Waals surface area contributed by atoms with Gasteiger partial charge in [-0.1, -0.05) is 26.0 Å². The smallest absolute Gasteiger partial charge is 0.229 e. The van der Waals surface area contributed by atoms with Gasteiger partial charge in [-0.25, -0.2) is 8.42 Å². The van der Waals surface area contributed by atoms with Gasteiger partial charge >= 0.3 is 0 Å². The molecule has 4 nitrogen and oxygen atoms in total. The Hall–Kier alpha value is -1.07. The van der Waals surface area contributed by atoms with Crippen LogP contribution >= 0.6 is 0 Å². The Morgan fingerprint density at radius 2 is 2.00 bits per heavy atom. The van der Waals surface area contributed by atoms with Crippen LogP contribution < -0.4 is 4.72 Å². The summed E-state index contributed by atoms with van der Waals surface area (Å²) in [5, 5.41) is 9.23. The Morgan fingerprint density at radius 3 is 2.50 bits per heavy atom. The average molecular weight is 243 g/mol. The number of aliphatic hydroxyl groups is 1. The lowest BCUT2D eigenvalue weighted by Crippen LogP contribution is -2.22. The molecule has 0 atom stereocenters. The van der Waals surface area contributed by atoms with Gasteiger partial charge in [-0.3, -0.25) is 4.72 Å². The fraction of sp³-hybridized carbons (Fsp3) is 0.455. The highest BCUT2D eigenvalue weighted by molar-refractivity contribution is 7.92. The van der Waals surface area contributed by atoms with Crippen molar-refractivity contribution < 1.29 is 13.5 Å². The SMILES string of the molecule is CC(C)(CO)c1cccc(NS(C)(=O)=O)c1. The zero-order valence-electron chi connectivity index (χ0n) is 9.69. The van der Waals surface area contributed by atoms with Crippen molar-refractivity contribution in [2.45, 2.75) is 19.3 Å². The number of benzene rings is 1. The minimum absolute atomic E-state index is 0.00925. The first-order valence-electron chi connectivity index (χ1n) is 4.94. The van der Waals surface area contributed by atoms with Gasteiger partial charge in [0.25, 0.3) is 0 Å². The zero-order valence-corrected chi connectivity index (χ0v) is 10.5. The summed E-state index contributed by atoms with van der Waals surface area (Å²) in [7, 11) is -3.26. The maximum absolute atomic E-state index is 11.1. The molecule has 0 aliphatic heterocycles. The van der Waals surface area contributed by atoms with Crippen LogP contribution in [0.3, 0.4) is 0 Å². The summed E-state index contributed by atoms with van der Waals surface area (Å²) in [6.45, 7) is 3.80. The van der Waals surface area contributed by atoms with Crippen molar-refractivity contribution in [1.29, 1.82) is 0 Å². The van der Waals surface area contributed by atoms with Gasteiger partial charge in [0.1, 0.15) is 0 Å². The highest BCUT2D eigenvalue weighted by atomic mass is 32.2. The second-order valence-electron chi connectivity index (χ2n) is 4.50. The minimum atomic E-state index is -3.26. The molecule has 0 saturated carbocycles. The number of sulfonamides is 1. The fourth-order valence-corrected chi connectivity index (χ4v) is 1.86. The predicted molar refractivity (Wildman–Crippen MR) is 65.0 cm³/mol. The first-order chi connectivity index (χ1) is 7.24. The van der Waals surface area contributed by atoms with Crippen molar-refractivity contribution in [2.75, 3.05) is 17.6 Å². The minimum Gasteiger partial charge on any atom is -0.395 e. The second kappa shape index (κ2) is 4.43. The lowest BCUT2D eigenvalue weighted by Gasteiger charge is -2.22. The van der Waals surface area contributed by atoms with E-state index in [-0.39, 0.29) is 12.0 Å². The van der Waals surface area contributed by atoms with Gasteiger partial charge in [0.15, 0.2) is 0 Å². The Morgan fingerprint density at radius 1 is 1.38 bits per heavy atom. The molecule has 16 heavy (non-hydrogen) atoms. The molecule has 1 aromatic rings. The number of anilines is 1. The van der Waals surface area contributed by atoms with Gasteiger partial charge in [-0.05, 0) is 17.7 Å². The van der Waals surface area contributed by atoms with Crippen LogP contribution in [0, 0.1) is 0 Å². The molecule has 0 saturated heterocycles. The molecule has 0 heterocycles. The third-order valence-corrected chi connectivity index (χ3v) is 2.95. The Bertz CT molecular complexity index is 466. The van der Waals surface area contributed by atoms with Crippen molar-refractivity contribution in [3.8, 4) is 0 Å². The van der Waals surface area contributed by atoms with E-state index in [2.05, 4.69) is 4.72 Å². The number of aliphatic hydroxyl groups excluding tert-OH is 1. The number of rotatable bonds is 4. The summed E-state index contributed by atoms with van der Waals surface area (Å²) in [4.78, 5) is 0. The fourth-order valence-electron chi connectivity index (χ4n) is 1.31. The summed E-state index contributed by atoms with van der Waals surface area (Å²) in [6, 6.07) is 7.04. The van der Waals surface area contributed by atoms with Crippen LogP contribution in [0.2, 0.25) is 0 Å². The van der Waals surface area contributed by atoms with E-state index in [0.29, 0.717) is 5.69 Å². The number of nitrogens with one attached hydrogen (secondary N) is 1. The number of hydrogen-bond donors (Lipinski definition) is 2. The maximum atomic E-state index is 11.1. The highest BCUT2D eigenvalue weighted by Crippen LogP contribution is 2.25. The third kappa shape index (κ3) is 3.50. The third-order valence-electron chi connectivity index (χ3n) is 2.34. The normalized spacial score (nSPS) is 12.5. The van der Waals surface area contributed by atoms with Gasteiger partial charge in [0.05, 0.1) is 12.9 Å². The van der Waals surface area contributed by atoms with Crippen LogP contribution in [0.1, 0.15) is 19.4 Å². The van der Waals surface area contributed by atoms with E-state index in [1.807, 2.05) is 19.9 Å². The molecule has 0 aliphatic carbocycles. The summed E-state index contributed by atoms with van der Waals surface area (Å²) in [5.41, 5.74) is 1.03. The van der Waals surface area contributed by atoms with E-state index >= 15 is 0 Å². The van der Waals surface area contributed by atoms with Crippen molar-refractivity contribution in [1.82, 2.24) is 0 Å². The topological polar surface area (TPSA) is 66.4 Å². The largest absolute Gasteiger partial charge is 0.395 e. The molecular formula is C11H17NO3S. The molecule has 0 spiro atoms. The summed E-state index contributed by atoms with van der Waals surface area (Å²) < 4.78 is 24.5. The summed E-state index contributed by atoms with van der Waals surface area (Å²) in [5.74, 6) is 0. The maximum Gasteiger partial charge on any atom is 0.229 e. The molecule has 0 aromatic heterocycles. The average Bonchev–Trinajstić information content (AvgIpc) is 2.15. The molecule has 0 aliphatic rings. The van der Waals surface area contributed by atoms with Crippen LogP contribution in [0.15, 0.2) is 24.3 Å². The summed E-state index contributed by atoms with van der Waals surface area (Å²) in [6.07, 6.45) is 1.11. The molecular weight excluding hydrogens is 226 g/mol. The van der Waals surface area contributed by atoms with Crippen molar-refractivity contribution in [3.05, 3.63) is 29.8 Å². The predicted octanol–water partition coefficient (Wildman–Crippen LogP) is 1.33. The van der Waals surface area contributed by atoms with E-state index in [9.17, 15) is 13.5 Å². The van der Waals surface area contributed by atoms with E-state index in [1.165, 1.54) is 0 Å². The molecule has 0 unspecified atom stereocenters. The van der Waals surface area contributed by atoms with Crippen molar-refractivity contribution >= 4 is 15.7 Å². The second-order valence-corrected chi connectivity index (χ2v) is 6.25. The Balaban J connectivity index is 3.05. The van der Waals surface area contributed by atoms with E-state index < -0.39 is 10.0 Å². The van der Waals surface area contributed by atoms with Gasteiger partial charge in [-0.2, -0.15) is 0 Å². The first-order valence-corrected chi connectivity index (χ1v) is 6.83.